The van der Waals surface area contributed by atoms with Gasteiger partial charge >= 0.3 is 0 Å². The highest BCUT2D eigenvalue weighted by molar-refractivity contribution is 5.81. The summed E-state index contributed by atoms with van der Waals surface area (Å²) in [7, 11) is 0. The van der Waals surface area contributed by atoms with Gasteiger partial charge in [-0.3, -0.25) is 9.79 Å². The minimum absolute atomic E-state index is 0.172. The number of para-hydroxylation sites is 1. The van der Waals surface area contributed by atoms with Gasteiger partial charge in [-0.2, -0.15) is 0 Å². The van der Waals surface area contributed by atoms with Crippen molar-refractivity contribution in [2.75, 3.05) is 44.2 Å². The molecule has 1 unspecified atom stereocenters. The van der Waals surface area contributed by atoms with Gasteiger partial charge in [-0.15, -0.1) is 0 Å². The molecule has 1 aromatic carbocycles. The second-order valence-electron chi connectivity index (χ2n) is 6.49. The lowest BCUT2D eigenvalue weighted by Crippen LogP contribution is -2.44. The quantitative estimate of drug-likeness (QED) is 0.551. The molecule has 6 nitrogen and oxygen atoms in total. The van der Waals surface area contributed by atoms with Crippen molar-refractivity contribution < 1.29 is 4.79 Å². The molecule has 144 valence electrons. The summed E-state index contributed by atoms with van der Waals surface area (Å²) < 4.78 is 0. The number of hydrogen-bond donors (Lipinski definition) is 2. The molecule has 2 rings (SSSR count). The Bertz CT molecular complexity index is 571. The van der Waals surface area contributed by atoms with Crippen LogP contribution in [0.1, 0.15) is 33.6 Å². The number of carbonyl (C=O) groups is 1. The molecule has 0 spiro atoms. The van der Waals surface area contributed by atoms with Crippen LogP contribution < -0.4 is 15.5 Å². The van der Waals surface area contributed by atoms with Crippen LogP contribution in [-0.2, 0) is 4.79 Å². The van der Waals surface area contributed by atoms with Crippen molar-refractivity contribution in [3.8, 4) is 0 Å². The Balaban J connectivity index is 1.85. The number of guanidine groups is 1. The molecule has 6 heteroatoms. The van der Waals surface area contributed by atoms with Crippen molar-refractivity contribution in [2.45, 2.75) is 39.7 Å². The third kappa shape index (κ3) is 5.93. The van der Waals surface area contributed by atoms with E-state index >= 15 is 0 Å². The van der Waals surface area contributed by atoms with E-state index in [0.717, 1.165) is 45.1 Å². The van der Waals surface area contributed by atoms with Gasteiger partial charge in [-0.05, 0) is 39.3 Å². The van der Waals surface area contributed by atoms with Crippen LogP contribution in [-0.4, -0.2) is 62.1 Å². The first-order chi connectivity index (χ1) is 12.7. The SMILES string of the molecule is CCNC(=NCCC(=O)N(CC)CC)NC1CCN(c2ccccc2)C1. The van der Waals surface area contributed by atoms with Gasteiger partial charge in [0.1, 0.15) is 0 Å². The number of amides is 1. The number of rotatable bonds is 8. The number of aliphatic imine (C=N–C) groups is 1. The van der Waals surface area contributed by atoms with Crippen molar-refractivity contribution >= 4 is 17.6 Å². The van der Waals surface area contributed by atoms with Crippen molar-refractivity contribution in [2.24, 2.45) is 4.99 Å². The number of hydrogen-bond acceptors (Lipinski definition) is 3. The Morgan fingerprint density at radius 1 is 1.23 bits per heavy atom. The lowest BCUT2D eigenvalue weighted by Gasteiger charge is -2.20. The Labute approximate surface area is 157 Å². The molecule has 1 atom stereocenters. The number of nitrogens with one attached hydrogen (secondary N) is 2. The fraction of sp³-hybridized carbons (Fsp3) is 0.600. The number of anilines is 1. The molecule has 1 heterocycles. The Morgan fingerprint density at radius 2 is 1.96 bits per heavy atom. The fourth-order valence-corrected chi connectivity index (χ4v) is 3.26. The number of benzene rings is 1. The highest BCUT2D eigenvalue weighted by Gasteiger charge is 2.23. The van der Waals surface area contributed by atoms with Gasteiger partial charge in [0.25, 0.3) is 0 Å². The monoisotopic (exact) mass is 359 g/mol. The van der Waals surface area contributed by atoms with Crippen LogP contribution >= 0.6 is 0 Å². The van der Waals surface area contributed by atoms with Crippen molar-refractivity contribution in [3.05, 3.63) is 30.3 Å². The average molecular weight is 360 g/mol. The van der Waals surface area contributed by atoms with Crippen LogP contribution in [0.25, 0.3) is 0 Å². The molecule has 0 radical (unpaired) electrons. The standard InChI is InChI=1S/C20H33N5O/c1-4-21-20(22-14-12-19(26)24(5-2)6-3)23-17-13-15-25(16-17)18-10-8-7-9-11-18/h7-11,17H,4-6,12-16H2,1-3H3,(H2,21,22,23). The zero-order valence-electron chi connectivity index (χ0n) is 16.4. The van der Waals surface area contributed by atoms with Gasteiger partial charge in [0.05, 0.1) is 6.54 Å². The lowest BCUT2D eigenvalue weighted by atomic mass is 10.2. The number of nitrogens with zero attached hydrogens (tertiary/aromatic N) is 3. The molecule has 1 aromatic rings. The molecule has 26 heavy (non-hydrogen) atoms. The normalized spacial score (nSPS) is 17.3. The highest BCUT2D eigenvalue weighted by Crippen LogP contribution is 2.19. The Morgan fingerprint density at radius 3 is 2.62 bits per heavy atom. The van der Waals surface area contributed by atoms with Gasteiger partial charge in [-0.25, -0.2) is 0 Å². The van der Waals surface area contributed by atoms with E-state index < -0.39 is 0 Å². The van der Waals surface area contributed by atoms with Gasteiger partial charge < -0.3 is 20.4 Å². The predicted octanol–water partition coefficient (Wildman–Crippen LogP) is 2.08. The molecule has 1 amide bonds. The molecule has 0 aliphatic carbocycles. The molecule has 1 aliphatic heterocycles. The third-order valence-electron chi connectivity index (χ3n) is 4.71. The molecule has 0 saturated carbocycles. The predicted molar refractivity (Wildman–Crippen MR) is 109 cm³/mol. The van der Waals surface area contributed by atoms with Gasteiger partial charge in [-0.1, -0.05) is 18.2 Å². The first kappa shape index (κ1) is 20.1. The smallest absolute Gasteiger partial charge is 0.224 e. The first-order valence-corrected chi connectivity index (χ1v) is 9.80. The second-order valence-corrected chi connectivity index (χ2v) is 6.49. The van der Waals surface area contributed by atoms with Gasteiger partial charge in [0.2, 0.25) is 5.91 Å². The summed E-state index contributed by atoms with van der Waals surface area (Å²) in [5.41, 5.74) is 1.27. The van der Waals surface area contributed by atoms with E-state index in [9.17, 15) is 4.79 Å². The van der Waals surface area contributed by atoms with E-state index in [1.165, 1.54) is 5.69 Å². The minimum Gasteiger partial charge on any atom is -0.369 e. The van der Waals surface area contributed by atoms with E-state index in [-0.39, 0.29) is 5.91 Å². The van der Waals surface area contributed by atoms with Crippen molar-refractivity contribution in [1.82, 2.24) is 15.5 Å². The third-order valence-corrected chi connectivity index (χ3v) is 4.71. The van der Waals surface area contributed by atoms with E-state index in [4.69, 9.17) is 0 Å². The summed E-state index contributed by atoms with van der Waals surface area (Å²) in [6, 6.07) is 10.9. The maximum atomic E-state index is 12.1. The van der Waals surface area contributed by atoms with E-state index in [1.54, 1.807) is 0 Å². The van der Waals surface area contributed by atoms with Gasteiger partial charge in [0.15, 0.2) is 5.96 Å². The van der Waals surface area contributed by atoms with E-state index in [0.29, 0.717) is 19.0 Å². The molecule has 2 N–H and O–H groups in total. The molecule has 1 aliphatic rings. The van der Waals surface area contributed by atoms with Crippen LogP contribution in [0.2, 0.25) is 0 Å². The molecular weight excluding hydrogens is 326 g/mol. The highest BCUT2D eigenvalue weighted by atomic mass is 16.2. The molecular formula is C20H33N5O. The summed E-state index contributed by atoms with van der Waals surface area (Å²) in [6.07, 6.45) is 1.54. The van der Waals surface area contributed by atoms with Crippen LogP contribution in [0.5, 0.6) is 0 Å². The summed E-state index contributed by atoms with van der Waals surface area (Å²) >= 11 is 0. The molecule has 1 saturated heterocycles. The van der Waals surface area contributed by atoms with Crippen LogP contribution in [0.3, 0.4) is 0 Å². The fourth-order valence-electron chi connectivity index (χ4n) is 3.26. The average Bonchev–Trinajstić information content (AvgIpc) is 3.12. The first-order valence-electron chi connectivity index (χ1n) is 9.80. The van der Waals surface area contributed by atoms with Crippen molar-refractivity contribution in [3.63, 3.8) is 0 Å². The molecule has 0 bridgehead atoms. The van der Waals surface area contributed by atoms with Gasteiger partial charge in [0, 0.05) is 50.9 Å². The summed E-state index contributed by atoms with van der Waals surface area (Å²) in [5.74, 6) is 0.977. The lowest BCUT2D eigenvalue weighted by molar-refractivity contribution is -0.130. The van der Waals surface area contributed by atoms with Crippen LogP contribution in [0.15, 0.2) is 35.3 Å². The van der Waals surface area contributed by atoms with E-state index in [1.807, 2.05) is 24.8 Å². The summed E-state index contributed by atoms with van der Waals surface area (Å²) in [4.78, 5) is 20.9. The molecule has 1 fully saturated rings. The van der Waals surface area contributed by atoms with Crippen LogP contribution in [0, 0.1) is 0 Å². The zero-order valence-corrected chi connectivity index (χ0v) is 16.4. The molecule has 0 aromatic heterocycles. The van der Waals surface area contributed by atoms with E-state index in [2.05, 4.69) is 51.7 Å². The Hall–Kier alpha value is -2.24. The largest absolute Gasteiger partial charge is 0.369 e. The van der Waals surface area contributed by atoms with Crippen LogP contribution in [0.4, 0.5) is 5.69 Å². The maximum Gasteiger partial charge on any atom is 0.224 e. The summed E-state index contributed by atoms with van der Waals surface area (Å²) in [6.45, 7) is 10.9. The van der Waals surface area contributed by atoms with Crippen molar-refractivity contribution in [1.29, 1.82) is 0 Å². The maximum absolute atomic E-state index is 12.1. The topological polar surface area (TPSA) is 60.0 Å². The Kier molecular flexibility index (Phi) is 8.25. The number of carbonyl (C=O) groups excluding carboxylic acids is 1. The summed E-state index contributed by atoms with van der Waals surface area (Å²) in [5, 5.41) is 6.81. The minimum atomic E-state index is 0.172. The zero-order chi connectivity index (χ0) is 18.8. The second kappa shape index (κ2) is 10.7.